The normalized spacial score (nSPS) is 19.8. The van der Waals surface area contributed by atoms with E-state index >= 15 is 0 Å². The van der Waals surface area contributed by atoms with Crippen LogP contribution in [0.4, 0.5) is 0 Å². The largest absolute Gasteiger partial charge is 0.454 e. The van der Waals surface area contributed by atoms with Gasteiger partial charge in [0.2, 0.25) is 13.6 Å². The van der Waals surface area contributed by atoms with Crippen molar-refractivity contribution in [3.8, 4) is 23.0 Å². The SMILES string of the molecule is CCCCCC[C@@H]1c2c(ccc3c2OCO3)C=C2c3cc4c(cc3CCN21)OCO4. The highest BCUT2D eigenvalue weighted by molar-refractivity contribution is 5.88. The Balaban J connectivity index is 1.45. The van der Waals surface area contributed by atoms with Gasteiger partial charge in [0.25, 0.3) is 0 Å². The van der Waals surface area contributed by atoms with Gasteiger partial charge in [0.1, 0.15) is 0 Å². The Morgan fingerprint density at radius 3 is 2.67 bits per heavy atom. The van der Waals surface area contributed by atoms with Crippen LogP contribution in [0.25, 0.3) is 11.8 Å². The molecule has 0 aromatic heterocycles. The minimum absolute atomic E-state index is 0.312. The Kier molecular flexibility index (Phi) is 4.29. The first-order valence-corrected chi connectivity index (χ1v) is 11.2. The van der Waals surface area contributed by atoms with Crippen molar-refractivity contribution >= 4 is 11.8 Å². The molecule has 1 atom stereocenters. The lowest BCUT2D eigenvalue weighted by Crippen LogP contribution is -2.35. The first-order chi connectivity index (χ1) is 14.8. The highest BCUT2D eigenvalue weighted by Crippen LogP contribution is 2.52. The molecule has 0 aliphatic carbocycles. The van der Waals surface area contributed by atoms with E-state index in [1.54, 1.807) is 0 Å². The van der Waals surface area contributed by atoms with Gasteiger partial charge in [0, 0.05) is 23.4 Å². The highest BCUT2D eigenvalue weighted by Gasteiger charge is 2.37. The van der Waals surface area contributed by atoms with Crippen molar-refractivity contribution < 1.29 is 18.9 Å². The summed E-state index contributed by atoms with van der Waals surface area (Å²) in [5.74, 6) is 3.55. The van der Waals surface area contributed by atoms with Crippen LogP contribution in [0, 0.1) is 0 Å². The molecule has 0 bridgehead atoms. The lowest BCUT2D eigenvalue weighted by Gasteiger charge is -2.43. The van der Waals surface area contributed by atoms with E-state index in [0.717, 1.165) is 42.4 Å². The van der Waals surface area contributed by atoms with Crippen LogP contribution in [-0.2, 0) is 6.42 Å². The second-order valence-electron chi connectivity index (χ2n) is 8.50. The third-order valence-electron chi connectivity index (χ3n) is 6.75. The molecule has 2 aromatic carbocycles. The summed E-state index contributed by atoms with van der Waals surface area (Å²) in [6.07, 6.45) is 9.50. The molecule has 30 heavy (non-hydrogen) atoms. The Morgan fingerprint density at radius 1 is 0.933 bits per heavy atom. The van der Waals surface area contributed by atoms with Crippen LogP contribution >= 0.6 is 0 Å². The molecule has 4 aliphatic rings. The molecule has 5 nitrogen and oxygen atoms in total. The quantitative estimate of drug-likeness (QED) is 0.612. The van der Waals surface area contributed by atoms with Gasteiger partial charge in [-0.1, -0.05) is 38.7 Å². The third kappa shape index (κ3) is 2.75. The van der Waals surface area contributed by atoms with Crippen LogP contribution in [0.5, 0.6) is 23.0 Å². The molecule has 0 saturated carbocycles. The molecule has 5 heteroatoms. The van der Waals surface area contributed by atoms with Gasteiger partial charge in [-0.25, -0.2) is 0 Å². The van der Waals surface area contributed by atoms with Gasteiger partial charge in [-0.15, -0.1) is 0 Å². The molecular formula is C25H27NO4. The number of hydrogen-bond acceptors (Lipinski definition) is 5. The van der Waals surface area contributed by atoms with Gasteiger partial charge in [0.15, 0.2) is 23.0 Å². The van der Waals surface area contributed by atoms with Crippen molar-refractivity contribution in [2.75, 3.05) is 20.1 Å². The predicted molar refractivity (Wildman–Crippen MR) is 115 cm³/mol. The summed E-state index contributed by atoms with van der Waals surface area (Å²) in [5.41, 5.74) is 6.45. The smallest absolute Gasteiger partial charge is 0.231 e. The molecule has 156 valence electrons. The summed E-state index contributed by atoms with van der Waals surface area (Å²) in [5, 5.41) is 0. The van der Waals surface area contributed by atoms with E-state index in [9.17, 15) is 0 Å². The van der Waals surface area contributed by atoms with Crippen LogP contribution in [0.3, 0.4) is 0 Å². The van der Waals surface area contributed by atoms with Gasteiger partial charge in [-0.3, -0.25) is 0 Å². The van der Waals surface area contributed by atoms with Crippen molar-refractivity contribution in [1.29, 1.82) is 0 Å². The molecule has 0 amide bonds. The van der Waals surface area contributed by atoms with E-state index in [-0.39, 0.29) is 0 Å². The standard InChI is InChI=1S/C25H27NO4/c1-2-3-4-5-6-19-24-17(7-8-21-25(24)30-15-27-21)11-20-18-13-23-22(28-14-29-23)12-16(18)9-10-26(19)20/h7-8,11-13,19H,2-6,9-10,14-15H2,1H3/t19-/m1/s1. The number of rotatable bonds is 5. The average Bonchev–Trinajstić information content (AvgIpc) is 3.43. The van der Waals surface area contributed by atoms with E-state index in [1.807, 2.05) is 6.07 Å². The molecule has 0 fully saturated rings. The summed E-state index contributed by atoms with van der Waals surface area (Å²) in [6.45, 7) is 3.89. The van der Waals surface area contributed by atoms with Gasteiger partial charge < -0.3 is 23.8 Å². The van der Waals surface area contributed by atoms with E-state index < -0.39 is 0 Å². The second kappa shape index (κ2) is 7.15. The Morgan fingerprint density at radius 2 is 1.77 bits per heavy atom. The number of benzene rings is 2. The fourth-order valence-corrected chi connectivity index (χ4v) is 5.28. The van der Waals surface area contributed by atoms with Gasteiger partial charge in [0.05, 0.1) is 6.04 Å². The minimum Gasteiger partial charge on any atom is -0.454 e. The fraction of sp³-hybridized carbons (Fsp3) is 0.440. The molecular weight excluding hydrogens is 378 g/mol. The second-order valence-corrected chi connectivity index (χ2v) is 8.50. The topological polar surface area (TPSA) is 40.2 Å². The number of ether oxygens (including phenoxy) is 4. The molecule has 4 heterocycles. The number of fused-ring (bicyclic) bond motifs is 7. The zero-order chi connectivity index (χ0) is 20.1. The fourth-order valence-electron chi connectivity index (χ4n) is 5.28. The molecule has 0 spiro atoms. The molecule has 2 aromatic rings. The minimum atomic E-state index is 0.312. The molecule has 0 saturated heterocycles. The van der Waals surface area contributed by atoms with Crippen molar-refractivity contribution in [3.63, 3.8) is 0 Å². The molecule has 0 radical (unpaired) electrons. The Labute approximate surface area is 177 Å². The summed E-state index contributed by atoms with van der Waals surface area (Å²) < 4.78 is 23.0. The van der Waals surface area contributed by atoms with Crippen molar-refractivity contribution in [3.05, 3.63) is 46.5 Å². The summed E-state index contributed by atoms with van der Waals surface area (Å²) in [6, 6.07) is 8.88. The maximum atomic E-state index is 5.95. The average molecular weight is 405 g/mol. The number of nitrogens with zero attached hydrogens (tertiary/aromatic N) is 1. The molecule has 6 rings (SSSR count). The maximum Gasteiger partial charge on any atom is 0.231 e. The molecule has 0 unspecified atom stereocenters. The van der Waals surface area contributed by atoms with Crippen molar-refractivity contribution in [2.24, 2.45) is 0 Å². The van der Waals surface area contributed by atoms with Gasteiger partial charge >= 0.3 is 0 Å². The van der Waals surface area contributed by atoms with Crippen molar-refractivity contribution in [2.45, 2.75) is 51.5 Å². The van der Waals surface area contributed by atoms with Crippen LogP contribution in [0.15, 0.2) is 24.3 Å². The van der Waals surface area contributed by atoms with E-state index in [1.165, 1.54) is 53.6 Å². The number of hydrogen-bond donors (Lipinski definition) is 0. The zero-order valence-corrected chi connectivity index (χ0v) is 17.4. The molecule has 0 N–H and O–H groups in total. The Hall–Kier alpha value is -2.82. The summed E-state index contributed by atoms with van der Waals surface area (Å²) in [4.78, 5) is 2.58. The Bertz CT molecular complexity index is 1030. The summed E-state index contributed by atoms with van der Waals surface area (Å²) >= 11 is 0. The number of unbranched alkanes of at least 4 members (excludes halogenated alkanes) is 3. The van der Waals surface area contributed by atoms with E-state index in [4.69, 9.17) is 18.9 Å². The van der Waals surface area contributed by atoms with Gasteiger partial charge in [-0.05, 0) is 48.2 Å². The first kappa shape index (κ1) is 18.0. The van der Waals surface area contributed by atoms with Crippen LogP contribution < -0.4 is 18.9 Å². The zero-order valence-electron chi connectivity index (χ0n) is 17.4. The highest BCUT2D eigenvalue weighted by atomic mass is 16.7. The maximum absolute atomic E-state index is 5.95. The van der Waals surface area contributed by atoms with E-state index in [0.29, 0.717) is 19.6 Å². The predicted octanol–water partition coefficient (Wildman–Crippen LogP) is 5.53. The third-order valence-corrected chi connectivity index (χ3v) is 6.75. The monoisotopic (exact) mass is 405 g/mol. The van der Waals surface area contributed by atoms with Crippen LogP contribution in [0.2, 0.25) is 0 Å². The lowest BCUT2D eigenvalue weighted by atomic mass is 9.84. The van der Waals surface area contributed by atoms with Crippen LogP contribution in [0.1, 0.15) is 67.3 Å². The van der Waals surface area contributed by atoms with Gasteiger partial charge in [-0.2, -0.15) is 0 Å². The molecule has 4 aliphatic heterocycles. The first-order valence-electron chi connectivity index (χ1n) is 11.2. The van der Waals surface area contributed by atoms with Crippen molar-refractivity contribution in [1.82, 2.24) is 4.90 Å². The summed E-state index contributed by atoms with van der Waals surface area (Å²) in [7, 11) is 0. The van der Waals surface area contributed by atoms with Crippen LogP contribution in [-0.4, -0.2) is 25.0 Å². The lowest BCUT2D eigenvalue weighted by molar-refractivity contribution is 0.170. The van der Waals surface area contributed by atoms with E-state index in [2.05, 4.69) is 36.1 Å².